The summed E-state index contributed by atoms with van der Waals surface area (Å²) in [5, 5.41) is 21.0. The topological polar surface area (TPSA) is 96.4 Å². The fourth-order valence-electron chi connectivity index (χ4n) is 2.66. The van der Waals surface area contributed by atoms with Gasteiger partial charge in [-0.1, -0.05) is 5.16 Å². The summed E-state index contributed by atoms with van der Waals surface area (Å²) < 4.78 is 6.41. The van der Waals surface area contributed by atoms with Gasteiger partial charge in [0.15, 0.2) is 5.69 Å². The summed E-state index contributed by atoms with van der Waals surface area (Å²) in [6, 6.07) is 3.19. The zero-order valence-corrected chi connectivity index (χ0v) is 12.3. The number of aliphatic hydroxyl groups excluding tert-OH is 1. The number of aliphatic hydroxyl groups is 1. The van der Waals surface area contributed by atoms with Crippen LogP contribution < -0.4 is 5.32 Å². The summed E-state index contributed by atoms with van der Waals surface area (Å²) in [7, 11) is 1.88. The van der Waals surface area contributed by atoms with Gasteiger partial charge in [-0.25, -0.2) is 0 Å². The molecular weight excluding hydrogens is 286 g/mol. The van der Waals surface area contributed by atoms with Gasteiger partial charge in [0.2, 0.25) is 0 Å². The molecule has 0 spiro atoms. The van der Waals surface area contributed by atoms with Crippen molar-refractivity contribution < 1.29 is 14.4 Å². The molecule has 2 aromatic rings. The molecule has 2 N–H and O–H groups in total. The Balaban J connectivity index is 1.52. The first-order valence-electron chi connectivity index (χ1n) is 7.22. The standard InChI is InChI=1S/C14H19N5O3/c1-18-5-2-10(16-18)8-19-6-3-11(13(20)9-19)15-14(21)12-4-7-22-17-12/h2,4-5,7,11,13,20H,3,6,8-9H2,1H3,(H,15,21). The monoisotopic (exact) mass is 305 g/mol. The van der Waals surface area contributed by atoms with Crippen LogP contribution in [0.5, 0.6) is 0 Å². The van der Waals surface area contributed by atoms with E-state index in [4.69, 9.17) is 0 Å². The van der Waals surface area contributed by atoms with Gasteiger partial charge in [-0.15, -0.1) is 0 Å². The molecule has 22 heavy (non-hydrogen) atoms. The van der Waals surface area contributed by atoms with E-state index in [1.54, 1.807) is 4.68 Å². The van der Waals surface area contributed by atoms with Crippen LogP contribution >= 0.6 is 0 Å². The number of aromatic nitrogens is 3. The molecule has 0 bridgehead atoms. The van der Waals surface area contributed by atoms with Crippen LogP contribution in [0.25, 0.3) is 0 Å². The van der Waals surface area contributed by atoms with Crippen LogP contribution in [0.4, 0.5) is 0 Å². The van der Waals surface area contributed by atoms with E-state index in [1.165, 1.54) is 12.3 Å². The molecule has 1 aliphatic heterocycles. The van der Waals surface area contributed by atoms with E-state index in [0.29, 0.717) is 19.5 Å². The van der Waals surface area contributed by atoms with Gasteiger partial charge in [0.1, 0.15) is 6.26 Å². The highest BCUT2D eigenvalue weighted by molar-refractivity contribution is 5.92. The molecule has 2 atom stereocenters. The van der Waals surface area contributed by atoms with Crippen LogP contribution in [0.3, 0.4) is 0 Å². The van der Waals surface area contributed by atoms with Crippen LogP contribution in [0.2, 0.25) is 0 Å². The molecule has 2 aromatic heterocycles. The zero-order chi connectivity index (χ0) is 15.5. The summed E-state index contributed by atoms with van der Waals surface area (Å²) in [4.78, 5) is 14.1. The fourth-order valence-corrected chi connectivity index (χ4v) is 2.66. The molecule has 1 saturated heterocycles. The lowest BCUT2D eigenvalue weighted by Gasteiger charge is -2.35. The second-order valence-corrected chi connectivity index (χ2v) is 5.54. The Labute approximate surface area is 127 Å². The van der Waals surface area contributed by atoms with Crippen LogP contribution in [0.1, 0.15) is 22.6 Å². The molecule has 1 amide bonds. The van der Waals surface area contributed by atoms with Crippen LogP contribution in [-0.2, 0) is 13.6 Å². The quantitative estimate of drug-likeness (QED) is 0.810. The minimum Gasteiger partial charge on any atom is -0.390 e. The van der Waals surface area contributed by atoms with E-state index < -0.39 is 6.10 Å². The molecule has 2 unspecified atom stereocenters. The number of hydrogen-bond donors (Lipinski definition) is 2. The number of carbonyl (C=O) groups excluding carboxylic acids is 1. The smallest absolute Gasteiger partial charge is 0.273 e. The van der Waals surface area contributed by atoms with E-state index in [9.17, 15) is 9.90 Å². The molecule has 0 aliphatic carbocycles. The lowest BCUT2D eigenvalue weighted by atomic mass is 10.0. The molecular formula is C14H19N5O3. The third-order valence-electron chi connectivity index (χ3n) is 3.81. The fraction of sp³-hybridized carbons (Fsp3) is 0.500. The van der Waals surface area contributed by atoms with Gasteiger partial charge in [-0.2, -0.15) is 5.10 Å². The normalized spacial score (nSPS) is 22.6. The van der Waals surface area contributed by atoms with Gasteiger partial charge in [-0.05, 0) is 12.5 Å². The molecule has 118 valence electrons. The van der Waals surface area contributed by atoms with Gasteiger partial charge in [0, 0.05) is 38.9 Å². The van der Waals surface area contributed by atoms with Crippen molar-refractivity contribution in [3.8, 4) is 0 Å². The predicted octanol–water partition coefficient (Wildman–Crippen LogP) is -0.227. The van der Waals surface area contributed by atoms with E-state index in [2.05, 4.69) is 25.0 Å². The van der Waals surface area contributed by atoms with Gasteiger partial charge in [0.05, 0.1) is 17.8 Å². The van der Waals surface area contributed by atoms with Crippen LogP contribution in [0.15, 0.2) is 29.1 Å². The summed E-state index contributed by atoms with van der Waals surface area (Å²) in [6.07, 6.45) is 3.31. The van der Waals surface area contributed by atoms with E-state index in [1.807, 2.05) is 19.3 Å². The van der Waals surface area contributed by atoms with Gasteiger partial charge in [0.25, 0.3) is 5.91 Å². The van der Waals surface area contributed by atoms with Gasteiger partial charge in [-0.3, -0.25) is 14.4 Å². The molecule has 1 aliphatic rings. The largest absolute Gasteiger partial charge is 0.390 e. The number of aryl methyl sites for hydroxylation is 1. The van der Waals surface area contributed by atoms with Crippen LogP contribution in [0, 0.1) is 0 Å². The average molecular weight is 305 g/mol. The third-order valence-corrected chi connectivity index (χ3v) is 3.81. The van der Waals surface area contributed by atoms with Crippen molar-refractivity contribution in [2.45, 2.75) is 25.1 Å². The Hall–Kier alpha value is -2.19. The van der Waals surface area contributed by atoms with Gasteiger partial charge >= 0.3 is 0 Å². The van der Waals surface area contributed by atoms with E-state index in [-0.39, 0.29) is 17.6 Å². The number of rotatable bonds is 4. The molecule has 1 fully saturated rings. The molecule has 0 aromatic carbocycles. The summed E-state index contributed by atoms with van der Waals surface area (Å²) in [5.41, 5.74) is 1.20. The van der Waals surface area contributed by atoms with Crippen LogP contribution in [-0.4, -0.2) is 56.1 Å². The molecule has 8 heteroatoms. The van der Waals surface area contributed by atoms with E-state index in [0.717, 1.165) is 12.2 Å². The number of β-amino-alcohol motifs (C(OH)–C–C–N with tert-alkyl or cyclic N) is 1. The first-order valence-corrected chi connectivity index (χ1v) is 7.22. The number of likely N-dealkylation sites (tertiary alicyclic amines) is 1. The van der Waals surface area contributed by atoms with Crippen molar-refractivity contribution >= 4 is 5.91 Å². The minimum atomic E-state index is -0.617. The maximum atomic E-state index is 11.9. The number of carbonyl (C=O) groups is 1. The number of piperidine rings is 1. The van der Waals surface area contributed by atoms with Gasteiger partial charge < -0.3 is 14.9 Å². The highest BCUT2D eigenvalue weighted by Crippen LogP contribution is 2.14. The van der Waals surface area contributed by atoms with Crippen molar-refractivity contribution in [3.63, 3.8) is 0 Å². The highest BCUT2D eigenvalue weighted by Gasteiger charge is 2.29. The maximum Gasteiger partial charge on any atom is 0.273 e. The minimum absolute atomic E-state index is 0.225. The van der Waals surface area contributed by atoms with Crippen molar-refractivity contribution in [2.24, 2.45) is 7.05 Å². The molecule has 8 nitrogen and oxygen atoms in total. The number of nitrogens with zero attached hydrogens (tertiary/aromatic N) is 4. The van der Waals surface area contributed by atoms with Crippen molar-refractivity contribution in [1.82, 2.24) is 25.2 Å². The predicted molar refractivity (Wildman–Crippen MR) is 76.9 cm³/mol. The van der Waals surface area contributed by atoms with Crippen molar-refractivity contribution in [1.29, 1.82) is 0 Å². The zero-order valence-electron chi connectivity index (χ0n) is 12.3. The first kappa shape index (κ1) is 14.7. The first-order chi connectivity index (χ1) is 10.6. The van der Waals surface area contributed by atoms with Crippen molar-refractivity contribution in [2.75, 3.05) is 13.1 Å². The van der Waals surface area contributed by atoms with E-state index >= 15 is 0 Å². The Morgan fingerprint density at radius 1 is 1.55 bits per heavy atom. The average Bonchev–Trinajstić information content (AvgIpc) is 3.13. The number of amides is 1. The Morgan fingerprint density at radius 2 is 2.41 bits per heavy atom. The molecule has 3 rings (SSSR count). The Morgan fingerprint density at radius 3 is 3.05 bits per heavy atom. The maximum absolute atomic E-state index is 11.9. The Bertz CT molecular complexity index is 624. The Kier molecular flexibility index (Phi) is 4.21. The second-order valence-electron chi connectivity index (χ2n) is 5.54. The lowest BCUT2D eigenvalue weighted by Crippen LogP contribution is -2.53. The number of hydrogen-bond acceptors (Lipinski definition) is 6. The summed E-state index contributed by atoms with van der Waals surface area (Å²) in [6.45, 7) is 1.99. The molecule has 0 radical (unpaired) electrons. The van der Waals surface area contributed by atoms with Crippen molar-refractivity contribution in [3.05, 3.63) is 36.0 Å². The SMILES string of the molecule is Cn1ccc(CN2CCC(NC(=O)c3ccon3)C(O)C2)n1. The molecule has 3 heterocycles. The molecule has 0 saturated carbocycles. The highest BCUT2D eigenvalue weighted by atomic mass is 16.5. The summed E-state index contributed by atoms with van der Waals surface area (Å²) >= 11 is 0. The number of nitrogens with one attached hydrogen (secondary N) is 1. The lowest BCUT2D eigenvalue weighted by molar-refractivity contribution is 0.0342. The second kappa shape index (κ2) is 6.29. The third kappa shape index (κ3) is 3.34. The summed E-state index contributed by atoms with van der Waals surface area (Å²) in [5.74, 6) is -0.323.